The number of nitrogens with one attached hydrogen (secondary N) is 1. The SMILES string of the molecule is CNc1c(-c2ccc(N)c(F)c2F)cc(-c2ccccc2)c(F)c1F. The summed E-state index contributed by atoms with van der Waals surface area (Å²) in [7, 11) is 1.37. The van der Waals surface area contributed by atoms with Crippen molar-refractivity contribution in [1.82, 2.24) is 0 Å². The summed E-state index contributed by atoms with van der Waals surface area (Å²) in [6.07, 6.45) is 0. The highest BCUT2D eigenvalue weighted by Gasteiger charge is 2.23. The van der Waals surface area contributed by atoms with Gasteiger partial charge in [-0.1, -0.05) is 30.3 Å². The molecule has 0 fully saturated rings. The molecule has 0 saturated carbocycles. The molecule has 0 aliphatic heterocycles. The molecule has 0 aliphatic rings. The zero-order chi connectivity index (χ0) is 18.1. The van der Waals surface area contributed by atoms with Crippen molar-refractivity contribution in [2.45, 2.75) is 0 Å². The van der Waals surface area contributed by atoms with Crippen molar-refractivity contribution in [3.8, 4) is 22.3 Å². The van der Waals surface area contributed by atoms with Crippen LogP contribution in [0.4, 0.5) is 28.9 Å². The van der Waals surface area contributed by atoms with Crippen molar-refractivity contribution in [1.29, 1.82) is 0 Å². The first-order chi connectivity index (χ1) is 12.0. The van der Waals surface area contributed by atoms with E-state index in [0.717, 1.165) is 0 Å². The molecule has 3 aromatic rings. The van der Waals surface area contributed by atoms with Crippen LogP contribution in [0.1, 0.15) is 0 Å². The topological polar surface area (TPSA) is 38.0 Å². The Balaban J connectivity index is 2.34. The predicted octanol–water partition coefficient (Wildman–Crippen LogP) is 5.20. The standard InChI is InChI=1S/C19H14F4N2/c1-25-19-13(11-7-8-14(24)17(22)15(11)20)9-12(16(21)18(19)23)10-5-3-2-4-6-10/h2-9,25H,24H2,1H3. The normalized spacial score (nSPS) is 10.8. The van der Waals surface area contributed by atoms with Crippen LogP contribution in [-0.2, 0) is 0 Å². The fraction of sp³-hybridized carbons (Fsp3) is 0.0526. The van der Waals surface area contributed by atoms with Gasteiger partial charge in [0.15, 0.2) is 23.3 Å². The Bertz CT molecular complexity index is 940. The molecule has 3 rings (SSSR count). The van der Waals surface area contributed by atoms with Crippen LogP contribution < -0.4 is 11.1 Å². The molecule has 0 saturated heterocycles. The van der Waals surface area contributed by atoms with E-state index >= 15 is 0 Å². The Labute approximate surface area is 141 Å². The summed E-state index contributed by atoms with van der Waals surface area (Å²) >= 11 is 0. The number of nitrogens with two attached hydrogens (primary N) is 1. The van der Waals surface area contributed by atoms with Crippen LogP contribution in [-0.4, -0.2) is 7.05 Å². The molecular weight excluding hydrogens is 332 g/mol. The van der Waals surface area contributed by atoms with E-state index in [-0.39, 0.29) is 28.1 Å². The highest BCUT2D eigenvalue weighted by molar-refractivity contribution is 5.84. The zero-order valence-electron chi connectivity index (χ0n) is 13.2. The third-order valence-electron chi connectivity index (χ3n) is 3.94. The molecule has 0 aliphatic carbocycles. The smallest absolute Gasteiger partial charge is 0.183 e. The van der Waals surface area contributed by atoms with Crippen LogP contribution in [0, 0.1) is 23.3 Å². The summed E-state index contributed by atoms with van der Waals surface area (Å²) < 4.78 is 57.2. The summed E-state index contributed by atoms with van der Waals surface area (Å²) in [6, 6.07) is 12.0. The predicted molar refractivity (Wildman–Crippen MR) is 91.1 cm³/mol. The maximum Gasteiger partial charge on any atom is 0.183 e. The van der Waals surface area contributed by atoms with Gasteiger partial charge in [0.05, 0.1) is 11.4 Å². The average molecular weight is 346 g/mol. The van der Waals surface area contributed by atoms with Crippen LogP contribution >= 0.6 is 0 Å². The lowest BCUT2D eigenvalue weighted by Crippen LogP contribution is -2.04. The van der Waals surface area contributed by atoms with Crippen LogP contribution in [0.15, 0.2) is 48.5 Å². The molecule has 3 aromatic carbocycles. The van der Waals surface area contributed by atoms with Crippen molar-refractivity contribution in [2.75, 3.05) is 18.1 Å². The summed E-state index contributed by atoms with van der Waals surface area (Å²) in [5, 5.41) is 2.51. The zero-order valence-corrected chi connectivity index (χ0v) is 13.2. The first-order valence-electron chi connectivity index (χ1n) is 7.44. The second-order valence-corrected chi connectivity index (χ2v) is 5.42. The monoisotopic (exact) mass is 346 g/mol. The number of halogens is 4. The number of hydrogen-bond donors (Lipinski definition) is 2. The second kappa shape index (κ2) is 6.47. The average Bonchev–Trinajstić information content (AvgIpc) is 2.63. The quantitative estimate of drug-likeness (QED) is 0.505. The first-order valence-corrected chi connectivity index (χ1v) is 7.44. The lowest BCUT2D eigenvalue weighted by Gasteiger charge is -2.16. The van der Waals surface area contributed by atoms with Gasteiger partial charge in [0.1, 0.15) is 0 Å². The lowest BCUT2D eigenvalue weighted by atomic mass is 9.95. The molecule has 2 nitrogen and oxygen atoms in total. The van der Waals surface area contributed by atoms with E-state index in [1.54, 1.807) is 30.3 Å². The van der Waals surface area contributed by atoms with E-state index in [1.807, 2.05) is 0 Å². The minimum absolute atomic E-state index is 0.00310. The summed E-state index contributed by atoms with van der Waals surface area (Å²) in [4.78, 5) is 0. The molecule has 25 heavy (non-hydrogen) atoms. The number of benzene rings is 3. The summed E-state index contributed by atoms with van der Waals surface area (Å²) in [5.41, 5.74) is 4.87. The van der Waals surface area contributed by atoms with Gasteiger partial charge in [0.2, 0.25) is 0 Å². The lowest BCUT2D eigenvalue weighted by molar-refractivity contribution is 0.511. The van der Waals surface area contributed by atoms with Crippen LogP contribution in [0.25, 0.3) is 22.3 Å². The molecular formula is C19H14F4N2. The maximum absolute atomic E-state index is 14.5. The molecule has 0 heterocycles. The third kappa shape index (κ3) is 2.80. The van der Waals surface area contributed by atoms with Crippen molar-refractivity contribution < 1.29 is 17.6 Å². The van der Waals surface area contributed by atoms with Gasteiger partial charge >= 0.3 is 0 Å². The fourth-order valence-electron chi connectivity index (χ4n) is 2.68. The van der Waals surface area contributed by atoms with Gasteiger partial charge in [-0.05, 0) is 23.8 Å². The molecule has 0 amide bonds. The van der Waals surface area contributed by atoms with Gasteiger partial charge in [-0.25, -0.2) is 17.6 Å². The van der Waals surface area contributed by atoms with Gasteiger partial charge in [0, 0.05) is 23.7 Å². The van der Waals surface area contributed by atoms with Crippen molar-refractivity contribution in [2.24, 2.45) is 0 Å². The van der Waals surface area contributed by atoms with Gasteiger partial charge in [0.25, 0.3) is 0 Å². The summed E-state index contributed by atoms with van der Waals surface area (Å²) in [6.45, 7) is 0. The Hall–Kier alpha value is -3.02. The number of anilines is 2. The molecule has 3 N–H and O–H groups in total. The molecule has 6 heteroatoms. The molecule has 128 valence electrons. The van der Waals surface area contributed by atoms with E-state index in [9.17, 15) is 17.6 Å². The highest BCUT2D eigenvalue weighted by Crippen LogP contribution is 2.39. The van der Waals surface area contributed by atoms with E-state index in [4.69, 9.17) is 5.73 Å². The van der Waals surface area contributed by atoms with Crippen LogP contribution in [0.2, 0.25) is 0 Å². The minimum Gasteiger partial charge on any atom is -0.396 e. The van der Waals surface area contributed by atoms with E-state index in [2.05, 4.69) is 5.32 Å². The van der Waals surface area contributed by atoms with Crippen LogP contribution in [0.3, 0.4) is 0 Å². The highest BCUT2D eigenvalue weighted by atomic mass is 19.2. The molecule has 0 atom stereocenters. The number of rotatable bonds is 3. The Morgan fingerprint density at radius 3 is 2.00 bits per heavy atom. The second-order valence-electron chi connectivity index (χ2n) is 5.42. The maximum atomic E-state index is 14.5. The van der Waals surface area contributed by atoms with Gasteiger partial charge in [-0.2, -0.15) is 0 Å². The molecule has 0 radical (unpaired) electrons. The van der Waals surface area contributed by atoms with Gasteiger partial charge < -0.3 is 11.1 Å². The molecule has 0 bridgehead atoms. The minimum atomic E-state index is -1.23. The van der Waals surface area contributed by atoms with Crippen LogP contribution in [0.5, 0.6) is 0 Å². The van der Waals surface area contributed by atoms with E-state index < -0.39 is 23.3 Å². The summed E-state index contributed by atoms with van der Waals surface area (Å²) in [5.74, 6) is -4.70. The molecule has 0 aromatic heterocycles. The number of nitrogen functional groups attached to an aromatic ring is 1. The number of hydrogen-bond acceptors (Lipinski definition) is 2. The van der Waals surface area contributed by atoms with Crippen molar-refractivity contribution in [3.05, 3.63) is 71.8 Å². The van der Waals surface area contributed by atoms with E-state index in [0.29, 0.717) is 5.56 Å². The van der Waals surface area contributed by atoms with E-state index in [1.165, 1.54) is 25.2 Å². The Kier molecular flexibility index (Phi) is 4.35. The van der Waals surface area contributed by atoms with Gasteiger partial charge in [-0.3, -0.25) is 0 Å². The third-order valence-corrected chi connectivity index (χ3v) is 3.94. The first kappa shape index (κ1) is 16.8. The van der Waals surface area contributed by atoms with Gasteiger partial charge in [-0.15, -0.1) is 0 Å². The molecule has 0 unspecified atom stereocenters. The Morgan fingerprint density at radius 2 is 1.36 bits per heavy atom. The largest absolute Gasteiger partial charge is 0.396 e. The fourth-order valence-corrected chi connectivity index (χ4v) is 2.68. The Morgan fingerprint density at radius 1 is 0.720 bits per heavy atom. The molecule has 0 spiro atoms. The van der Waals surface area contributed by atoms with Crippen molar-refractivity contribution >= 4 is 11.4 Å². The van der Waals surface area contributed by atoms with Crippen molar-refractivity contribution in [3.63, 3.8) is 0 Å².